The summed E-state index contributed by atoms with van der Waals surface area (Å²) in [5.41, 5.74) is -2.95. The Balaban J connectivity index is 2.38. The number of nitrogens with one attached hydrogen (secondary N) is 3. The minimum atomic E-state index is -4.88. The average molecular weight is 416 g/mol. The van der Waals surface area contributed by atoms with Gasteiger partial charge in [0.05, 0.1) is 29.6 Å². The minimum absolute atomic E-state index is 0.0970. The molecule has 1 aromatic carbocycles. The Morgan fingerprint density at radius 2 is 1.93 bits per heavy atom. The van der Waals surface area contributed by atoms with Crippen LogP contribution in [0, 0.1) is 15.5 Å². The first-order valence-corrected chi connectivity index (χ1v) is 8.91. The van der Waals surface area contributed by atoms with E-state index >= 15 is 0 Å². The monoisotopic (exact) mass is 416 g/mol. The van der Waals surface area contributed by atoms with Gasteiger partial charge in [-0.1, -0.05) is 26.8 Å². The highest BCUT2D eigenvalue weighted by Crippen LogP contribution is 2.40. The van der Waals surface area contributed by atoms with Crippen LogP contribution in [0.1, 0.15) is 51.3 Å². The molecule has 160 valence electrons. The summed E-state index contributed by atoms with van der Waals surface area (Å²) in [5.74, 6) is -0.831. The lowest BCUT2D eigenvalue weighted by atomic mass is 9.81. The predicted octanol–water partition coefficient (Wildman–Crippen LogP) is 2.64. The molecule has 2 amide bonds. The second-order valence-corrected chi connectivity index (χ2v) is 8.05. The zero-order chi connectivity index (χ0) is 22.1. The molecular formula is C18H23F3N4O4. The van der Waals surface area contributed by atoms with Crippen molar-refractivity contribution >= 4 is 17.5 Å². The topological polar surface area (TPSA) is 113 Å². The molecule has 0 aromatic heterocycles. The number of carbonyl (C=O) groups excluding carboxylic acids is 2. The van der Waals surface area contributed by atoms with Crippen LogP contribution in [-0.4, -0.2) is 28.9 Å². The van der Waals surface area contributed by atoms with Crippen molar-refractivity contribution in [2.75, 3.05) is 0 Å². The molecule has 1 saturated heterocycles. The number of amides is 2. The van der Waals surface area contributed by atoms with Crippen LogP contribution in [-0.2, 0) is 15.8 Å². The summed E-state index contributed by atoms with van der Waals surface area (Å²) in [6, 6.07) is 0.955. The molecule has 1 aliphatic heterocycles. The quantitative estimate of drug-likeness (QED) is 0.516. The summed E-state index contributed by atoms with van der Waals surface area (Å²) in [7, 11) is 0. The largest absolute Gasteiger partial charge is 0.422 e. The van der Waals surface area contributed by atoms with Crippen LogP contribution < -0.4 is 16.0 Å². The van der Waals surface area contributed by atoms with Crippen LogP contribution in [0.4, 0.5) is 18.9 Å². The van der Waals surface area contributed by atoms with Crippen LogP contribution in [0.3, 0.4) is 0 Å². The van der Waals surface area contributed by atoms with Gasteiger partial charge < -0.3 is 10.6 Å². The van der Waals surface area contributed by atoms with Gasteiger partial charge in [0.15, 0.2) is 0 Å². The van der Waals surface area contributed by atoms with Crippen molar-refractivity contribution < 1.29 is 27.7 Å². The predicted molar refractivity (Wildman–Crippen MR) is 97.6 cm³/mol. The van der Waals surface area contributed by atoms with E-state index in [9.17, 15) is 32.9 Å². The maximum atomic E-state index is 13.1. The van der Waals surface area contributed by atoms with Gasteiger partial charge in [0.2, 0.25) is 11.8 Å². The summed E-state index contributed by atoms with van der Waals surface area (Å²) in [4.78, 5) is 34.5. The van der Waals surface area contributed by atoms with Gasteiger partial charge >= 0.3 is 6.18 Å². The molecule has 0 spiro atoms. The number of benzene rings is 1. The lowest BCUT2D eigenvalue weighted by Gasteiger charge is -2.35. The Labute approximate surface area is 165 Å². The van der Waals surface area contributed by atoms with E-state index in [-0.39, 0.29) is 17.9 Å². The molecule has 0 bridgehead atoms. The number of alkyl halides is 3. The van der Waals surface area contributed by atoms with E-state index in [0.717, 1.165) is 12.1 Å². The van der Waals surface area contributed by atoms with Crippen molar-refractivity contribution in [1.82, 2.24) is 16.0 Å². The SMILES string of the molecule is CC1NC(=O)CC(C(=O)N[C@@H](c2ccc(C(F)(F)F)c([N+](=O)[O-])c2)C(C)(C)C)N1. The first kappa shape index (κ1) is 22.6. The highest BCUT2D eigenvalue weighted by Gasteiger charge is 2.40. The van der Waals surface area contributed by atoms with Gasteiger partial charge in [-0.15, -0.1) is 0 Å². The van der Waals surface area contributed by atoms with E-state index in [1.165, 1.54) is 0 Å². The zero-order valence-corrected chi connectivity index (χ0v) is 16.4. The third kappa shape index (κ3) is 5.43. The van der Waals surface area contributed by atoms with Gasteiger partial charge in [-0.3, -0.25) is 25.0 Å². The number of nitrogens with zero attached hydrogens (tertiary/aromatic N) is 1. The van der Waals surface area contributed by atoms with E-state index in [1.807, 2.05) is 0 Å². The molecule has 1 fully saturated rings. The fourth-order valence-corrected chi connectivity index (χ4v) is 3.22. The maximum absolute atomic E-state index is 13.1. The van der Waals surface area contributed by atoms with Gasteiger partial charge in [0, 0.05) is 6.07 Å². The van der Waals surface area contributed by atoms with Gasteiger partial charge in [-0.05, 0) is 24.0 Å². The van der Waals surface area contributed by atoms with E-state index in [2.05, 4.69) is 16.0 Å². The van der Waals surface area contributed by atoms with Gasteiger partial charge in [-0.25, -0.2) is 0 Å². The van der Waals surface area contributed by atoms with Crippen LogP contribution in [0.15, 0.2) is 18.2 Å². The van der Waals surface area contributed by atoms with Crippen LogP contribution >= 0.6 is 0 Å². The summed E-state index contributed by atoms with van der Waals surface area (Å²) in [6.07, 6.45) is -5.40. The fourth-order valence-electron chi connectivity index (χ4n) is 3.22. The second-order valence-electron chi connectivity index (χ2n) is 8.05. The second kappa shape index (κ2) is 7.97. The number of hydrogen-bond acceptors (Lipinski definition) is 5. The molecule has 0 aliphatic carbocycles. The number of carbonyl (C=O) groups is 2. The molecule has 3 atom stereocenters. The van der Waals surface area contributed by atoms with E-state index in [4.69, 9.17) is 0 Å². The third-order valence-corrected chi connectivity index (χ3v) is 4.54. The van der Waals surface area contributed by atoms with Crippen molar-refractivity contribution in [1.29, 1.82) is 0 Å². The van der Waals surface area contributed by atoms with Gasteiger partial charge in [0.25, 0.3) is 5.69 Å². The molecule has 1 heterocycles. The molecule has 8 nitrogen and oxygen atoms in total. The van der Waals surface area contributed by atoms with E-state index < -0.39 is 51.9 Å². The Bertz CT molecular complexity index is 820. The number of nitro groups is 1. The summed E-state index contributed by atoms with van der Waals surface area (Å²) >= 11 is 0. The standard InChI is InChI=1S/C18H23F3N4O4/c1-9-22-12(8-14(26)23-9)16(27)24-15(17(2,3)4)10-5-6-11(18(19,20)21)13(7-10)25(28)29/h5-7,9,12,15,22H,8H2,1-4H3,(H,23,26)(H,24,27)/t9?,12?,15-/m0/s1. The van der Waals surface area contributed by atoms with E-state index in [0.29, 0.717) is 6.07 Å². The Kier molecular flexibility index (Phi) is 6.21. The summed E-state index contributed by atoms with van der Waals surface area (Å²) in [6.45, 7) is 6.89. The molecular weight excluding hydrogens is 393 g/mol. The normalized spacial score (nSPS) is 21.3. The molecule has 2 rings (SSSR count). The first-order valence-electron chi connectivity index (χ1n) is 8.91. The van der Waals surface area contributed by atoms with Crippen LogP contribution in [0.25, 0.3) is 0 Å². The smallest absolute Gasteiger partial charge is 0.347 e. The molecule has 0 radical (unpaired) electrons. The fraction of sp³-hybridized carbons (Fsp3) is 0.556. The van der Waals surface area contributed by atoms with Crippen molar-refractivity contribution in [3.63, 3.8) is 0 Å². The Hall–Kier alpha value is -2.69. The Morgan fingerprint density at radius 3 is 2.41 bits per heavy atom. The number of nitro benzene ring substituents is 1. The first-order chi connectivity index (χ1) is 13.2. The molecule has 1 aromatic rings. The highest BCUT2D eigenvalue weighted by atomic mass is 19.4. The lowest BCUT2D eigenvalue weighted by Crippen LogP contribution is -2.60. The van der Waals surface area contributed by atoms with Crippen molar-refractivity contribution in [3.05, 3.63) is 39.4 Å². The number of rotatable bonds is 4. The average Bonchev–Trinajstić information content (AvgIpc) is 2.56. The highest BCUT2D eigenvalue weighted by molar-refractivity contribution is 5.89. The van der Waals surface area contributed by atoms with E-state index in [1.54, 1.807) is 27.7 Å². The maximum Gasteiger partial charge on any atom is 0.422 e. The van der Waals surface area contributed by atoms with Crippen LogP contribution in [0.5, 0.6) is 0 Å². The number of halogens is 3. The van der Waals surface area contributed by atoms with Gasteiger partial charge in [-0.2, -0.15) is 13.2 Å². The molecule has 1 aliphatic rings. The minimum Gasteiger partial charge on any atom is -0.347 e. The van der Waals surface area contributed by atoms with Crippen molar-refractivity contribution in [2.45, 2.75) is 58.5 Å². The zero-order valence-electron chi connectivity index (χ0n) is 16.4. The lowest BCUT2D eigenvalue weighted by molar-refractivity contribution is -0.388. The molecule has 2 unspecified atom stereocenters. The Morgan fingerprint density at radius 1 is 1.31 bits per heavy atom. The molecule has 3 N–H and O–H groups in total. The third-order valence-electron chi connectivity index (χ3n) is 4.54. The van der Waals surface area contributed by atoms with Crippen LogP contribution in [0.2, 0.25) is 0 Å². The molecule has 29 heavy (non-hydrogen) atoms. The van der Waals surface area contributed by atoms with Gasteiger partial charge in [0.1, 0.15) is 5.56 Å². The van der Waals surface area contributed by atoms with Crippen molar-refractivity contribution in [2.24, 2.45) is 5.41 Å². The number of hydrogen-bond donors (Lipinski definition) is 3. The molecule has 11 heteroatoms. The van der Waals surface area contributed by atoms with Crippen molar-refractivity contribution in [3.8, 4) is 0 Å². The molecule has 0 saturated carbocycles. The summed E-state index contributed by atoms with van der Waals surface area (Å²) in [5, 5.41) is 19.4. The summed E-state index contributed by atoms with van der Waals surface area (Å²) < 4.78 is 39.2.